The second-order valence-corrected chi connectivity index (χ2v) is 7.49. The van der Waals surface area contributed by atoms with Crippen LogP contribution >= 0.6 is 67.8 Å². The molecule has 5 nitrogen and oxygen atoms in total. The molecule has 2 N–H and O–H groups in total. The predicted octanol–water partition coefficient (Wildman–Crippen LogP) is 4.08. The van der Waals surface area contributed by atoms with Crippen molar-refractivity contribution in [3.8, 4) is 0 Å². The van der Waals surface area contributed by atoms with Crippen molar-refractivity contribution in [1.82, 2.24) is 0 Å². The van der Waals surface area contributed by atoms with E-state index in [9.17, 15) is 9.59 Å². The van der Waals surface area contributed by atoms with Crippen LogP contribution in [0.2, 0.25) is 0 Å². The summed E-state index contributed by atoms with van der Waals surface area (Å²) in [6.45, 7) is 3.16. The number of benzene rings is 1. The molecule has 8 heteroatoms. The van der Waals surface area contributed by atoms with E-state index >= 15 is 0 Å². The molecular weight excluding hydrogens is 603 g/mol. The summed E-state index contributed by atoms with van der Waals surface area (Å²) in [7, 11) is 0. The van der Waals surface area contributed by atoms with E-state index in [0.29, 0.717) is 6.42 Å². The van der Waals surface area contributed by atoms with E-state index in [1.165, 1.54) is 6.92 Å². The summed E-state index contributed by atoms with van der Waals surface area (Å²) >= 11 is 6.53. The molecule has 0 spiro atoms. The standard InChI is InChI=1S/C12H12I3NO4/c1-5(20-12(18)19)3-7-8(13)4-9(14)11(10(7)15)16-6(2)17/h4-5H,3H2,1-2H3,(H,16,17)(H,18,19). The fourth-order valence-electron chi connectivity index (χ4n) is 1.61. The van der Waals surface area contributed by atoms with Gasteiger partial charge in [-0.15, -0.1) is 0 Å². The first-order valence-corrected chi connectivity index (χ1v) is 8.79. The number of amides is 1. The van der Waals surface area contributed by atoms with Crippen LogP contribution in [0.15, 0.2) is 6.07 Å². The normalized spacial score (nSPS) is 11.8. The van der Waals surface area contributed by atoms with Gasteiger partial charge >= 0.3 is 6.16 Å². The van der Waals surface area contributed by atoms with Crippen LogP contribution in [0.1, 0.15) is 19.4 Å². The first-order valence-electron chi connectivity index (χ1n) is 5.56. The Morgan fingerprint density at radius 2 is 1.95 bits per heavy atom. The fourth-order valence-corrected chi connectivity index (χ4v) is 5.69. The van der Waals surface area contributed by atoms with Crippen molar-refractivity contribution in [1.29, 1.82) is 0 Å². The van der Waals surface area contributed by atoms with Gasteiger partial charge in [0.1, 0.15) is 6.10 Å². The van der Waals surface area contributed by atoms with Gasteiger partial charge in [-0.2, -0.15) is 0 Å². The van der Waals surface area contributed by atoms with Gasteiger partial charge in [-0.05, 0) is 86.3 Å². The Kier molecular flexibility index (Phi) is 7.24. The quantitative estimate of drug-likeness (QED) is 0.396. The number of carboxylic acid groups (broad SMARTS) is 1. The molecule has 0 aliphatic rings. The Balaban J connectivity index is 3.12. The summed E-state index contributed by atoms with van der Waals surface area (Å²) in [5.41, 5.74) is 1.74. The van der Waals surface area contributed by atoms with Crippen LogP contribution in [-0.2, 0) is 16.0 Å². The molecule has 0 bridgehead atoms. The monoisotopic (exact) mass is 615 g/mol. The second-order valence-electron chi connectivity index (χ2n) is 4.09. The van der Waals surface area contributed by atoms with Crippen LogP contribution in [0, 0.1) is 10.7 Å². The summed E-state index contributed by atoms with van der Waals surface area (Å²) in [5.74, 6) is -0.136. The number of nitrogens with one attached hydrogen (secondary N) is 1. The largest absolute Gasteiger partial charge is 0.506 e. The lowest BCUT2D eigenvalue weighted by atomic mass is 10.1. The van der Waals surface area contributed by atoms with E-state index in [2.05, 4.69) is 73.1 Å². The van der Waals surface area contributed by atoms with Gasteiger partial charge in [0, 0.05) is 24.1 Å². The van der Waals surface area contributed by atoms with Crippen molar-refractivity contribution in [2.24, 2.45) is 0 Å². The number of hydrogen-bond acceptors (Lipinski definition) is 3. The first-order chi connectivity index (χ1) is 9.22. The summed E-state index contributed by atoms with van der Waals surface area (Å²) in [5, 5.41) is 11.4. The molecular formula is C12H12I3NO4. The summed E-state index contributed by atoms with van der Waals surface area (Å²) < 4.78 is 7.61. The average molecular weight is 615 g/mol. The molecule has 0 aliphatic heterocycles. The fraction of sp³-hybridized carbons (Fsp3) is 0.333. The molecule has 0 aliphatic carbocycles. The van der Waals surface area contributed by atoms with E-state index in [0.717, 1.165) is 22.0 Å². The highest BCUT2D eigenvalue weighted by molar-refractivity contribution is 14.1. The SMILES string of the molecule is CC(=O)Nc1c(I)cc(I)c(CC(C)OC(=O)O)c1I. The topological polar surface area (TPSA) is 75.6 Å². The predicted molar refractivity (Wildman–Crippen MR) is 101 cm³/mol. The molecule has 1 amide bonds. The van der Waals surface area contributed by atoms with Crippen molar-refractivity contribution in [2.45, 2.75) is 26.4 Å². The number of halogens is 3. The van der Waals surface area contributed by atoms with E-state index < -0.39 is 12.3 Å². The Bertz CT molecular complexity index is 548. The highest BCUT2D eigenvalue weighted by Crippen LogP contribution is 2.32. The number of hydrogen-bond donors (Lipinski definition) is 2. The maximum absolute atomic E-state index is 11.3. The molecule has 20 heavy (non-hydrogen) atoms. The third-order valence-electron chi connectivity index (χ3n) is 2.36. The highest BCUT2D eigenvalue weighted by atomic mass is 127. The first kappa shape index (κ1) is 18.2. The molecule has 1 unspecified atom stereocenters. The zero-order valence-electron chi connectivity index (χ0n) is 10.7. The van der Waals surface area contributed by atoms with Gasteiger partial charge in [0.05, 0.1) is 5.69 Å². The maximum Gasteiger partial charge on any atom is 0.506 e. The van der Waals surface area contributed by atoms with Crippen LogP contribution in [0.4, 0.5) is 10.5 Å². The molecule has 1 aromatic rings. The van der Waals surface area contributed by atoms with Gasteiger partial charge in [-0.1, -0.05) is 0 Å². The molecule has 1 aromatic carbocycles. The third-order valence-corrected chi connectivity index (χ3v) is 5.36. The number of anilines is 1. The number of carbonyl (C=O) groups is 2. The van der Waals surface area contributed by atoms with Crippen molar-refractivity contribution in [3.05, 3.63) is 22.3 Å². The van der Waals surface area contributed by atoms with E-state index in [1.807, 2.05) is 6.07 Å². The van der Waals surface area contributed by atoms with Gasteiger partial charge in [0.15, 0.2) is 0 Å². The number of rotatable bonds is 4. The van der Waals surface area contributed by atoms with Crippen LogP contribution < -0.4 is 5.32 Å². The summed E-state index contributed by atoms with van der Waals surface area (Å²) in [6.07, 6.45) is -1.26. The van der Waals surface area contributed by atoms with Crippen molar-refractivity contribution in [3.63, 3.8) is 0 Å². The molecule has 0 heterocycles. The lowest BCUT2D eigenvalue weighted by Crippen LogP contribution is -2.18. The van der Waals surface area contributed by atoms with Gasteiger partial charge in [-0.25, -0.2) is 4.79 Å². The lowest BCUT2D eigenvalue weighted by Gasteiger charge is -2.17. The van der Waals surface area contributed by atoms with Gasteiger partial charge < -0.3 is 15.2 Å². The Morgan fingerprint density at radius 3 is 2.45 bits per heavy atom. The molecule has 0 saturated carbocycles. The summed E-state index contributed by atoms with van der Waals surface area (Å²) in [4.78, 5) is 21.8. The van der Waals surface area contributed by atoms with E-state index in [-0.39, 0.29) is 5.91 Å². The zero-order chi connectivity index (χ0) is 15.4. The zero-order valence-corrected chi connectivity index (χ0v) is 17.1. The minimum Gasteiger partial charge on any atom is -0.450 e. The molecule has 110 valence electrons. The Labute approximate surface area is 157 Å². The van der Waals surface area contributed by atoms with Gasteiger partial charge in [-0.3, -0.25) is 4.79 Å². The average Bonchev–Trinajstić information content (AvgIpc) is 2.29. The molecule has 0 radical (unpaired) electrons. The molecule has 0 fully saturated rings. The maximum atomic E-state index is 11.3. The van der Waals surface area contributed by atoms with Crippen LogP contribution in [0.3, 0.4) is 0 Å². The smallest absolute Gasteiger partial charge is 0.450 e. The highest BCUT2D eigenvalue weighted by Gasteiger charge is 2.18. The number of ether oxygens (including phenoxy) is 1. The number of carbonyl (C=O) groups excluding carboxylic acids is 1. The molecule has 1 atom stereocenters. The second kappa shape index (κ2) is 7.96. The van der Waals surface area contributed by atoms with E-state index in [4.69, 9.17) is 9.84 Å². The van der Waals surface area contributed by atoms with Crippen molar-refractivity contribution < 1.29 is 19.4 Å². The summed E-state index contributed by atoms with van der Waals surface area (Å²) in [6, 6.07) is 1.96. The van der Waals surface area contributed by atoms with Gasteiger partial charge in [0.2, 0.25) is 5.91 Å². The van der Waals surface area contributed by atoms with Crippen LogP contribution in [-0.4, -0.2) is 23.3 Å². The lowest BCUT2D eigenvalue weighted by molar-refractivity contribution is -0.114. The Hall–Kier alpha value is 0.150. The van der Waals surface area contributed by atoms with Crippen LogP contribution in [0.25, 0.3) is 0 Å². The van der Waals surface area contributed by atoms with Crippen LogP contribution in [0.5, 0.6) is 0 Å². The van der Waals surface area contributed by atoms with Crippen molar-refractivity contribution in [2.75, 3.05) is 5.32 Å². The van der Waals surface area contributed by atoms with E-state index in [1.54, 1.807) is 6.92 Å². The third kappa shape index (κ3) is 5.16. The molecule has 0 saturated heterocycles. The minimum absolute atomic E-state index is 0.136. The minimum atomic E-state index is -1.28. The van der Waals surface area contributed by atoms with Crippen molar-refractivity contribution >= 4 is 85.5 Å². The Morgan fingerprint density at radius 1 is 1.35 bits per heavy atom. The molecule has 0 aromatic heterocycles. The molecule has 1 rings (SSSR count). The van der Waals surface area contributed by atoms with Gasteiger partial charge in [0.25, 0.3) is 0 Å².